The molecule has 0 spiro atoms. The number of carbonyl (C=O) groups is 2. The van der Waals surface area contributed by atoms with Crippen LogP contribution in [0.2, 0.25) is 0 Å². The number of nitrogens with one attached hydrogen (secondary N) is 1. The molecule has 1 aromatic carbocycles. The van der Waals surface area contributed by atoms with Crippen LogP contribution in [0.3, 0.4) is 0 Å². The summed E-state index contributed by atoms with van der Waals surface area (Å²) in [5.74, 6) is -0.543. The Kier molecular flexibility index (Phi) is 3.23. The molecule has 0 aliphatic carbocycles. The van der Waals surface area contributed by atoms with Crippen LogP contribution in [-0.4, -0.2) is 24.4 Å². The van der Waals surface area contributed by atoms with Crippen molar-refractivity contribution in [2.45, 2.75) is 26.3 Å². The Morgan fingerprint density at radius 1 is 1.44 bits per heavy atom. The smallest absolute Gasteiger partial charge is 0.249 e. The second kappa shape index (κ2) is 4.68. The number of amides is 2. The van der Waals surface area contributed by atoms with Crippen LogP contribution in [0.1, 0.15) is 18.9 Å². The average Bonchev–Trinajstić information content (AvgIpc) is 2.28. The molecule has 1 fully saturated rings. The van der Waals surface area contributed by atoms with Crippen molar-refractivity contribution in [2.24, 2.45) is 0 Å². The number of hydrogen-bond acceptors (Lipinski definition) is 4. The van der Waals surface area contributed by atoms with Gasteiger partial charge in [-0.3, -0.25) is 14.9 Å². The van der Waals surface area contributed by atoms with Gasteiger partial charge in [-0.1, -0.05) is 13.0 Å². The maximum Gasteiger partial charge on any atom is 0.249 e. The molecule has 1 aliphatic heterocycles. The molecule has 2 rings (SSSR count). The van der Waals surface area contributed by atoms with Gasteiger partial charge < -0.3 is 10.6 Å². The lowest BCUT2D eigenvalue weighted by Gasteiger charge is -2.35. The first-order chi connectivity index (χ1) is 8.52. The Balaban J connectivity index is 2.39. The van der Waals surface area contributed by atoms with Crippen molar-refractivity contribution in [3.05, 3.63) is 23.8 Å². The van der Waals surface area contributed by atoms with Crippen molar-refractivity contribution < 1.29 is 9.59 Å². The molecule has 1 unspecified atom stereocenters. The van der Waals surface area contributed by atoms with E-state index in [4.69, 9.17) is 5.73 Å². The number of nitrogen functional groups attached to an aromatic ring is 1. The summed E-state index contributed by atoms with van der Waals surface area (Å²) in [5.41, 5.74) is 8.37. The van der Waals surface area contributed by atoms with E-state index in [-0.39, 0.29) is 24.4 Å². The van der Waals surface area contributed by atoms with E-state index in [9.17, 15) is 9.59 Å². The highest BCUT2D eigenvalue weighted by Crippen LogP contribution is 2.27. The van der Waals surface area contributed by atoms with E-state index in [1.807, 2.05) is 32.0 Å². The van der Waals surface area contributed by atoms with Crippen LogP contribution in [0.25, 0.3) is 0 Å². The fourth-order valence-corrected chi connectivity index (χ4v) is 2.26. The van der Waals surface area contributed by atoms with Crippen LogP contribution in [0.15, 0.2) is 18.2 Å². The van der Waals surface area contributed by atoms with Gasteiger partial charge in [0, 0.05) is 0 Å². The molecular formula is C13H17N3O2. The molecule has 1 saturated heterocycles. The van der Waals surface area contributed by atoms with Crippen LogP contribution in [0.4, 0.5) is 11.4 Å². The van der Waals surface area contributed by atoms with Crippen molar-refractivity contribution in [3.63, 3.8) is 0 Å². The number of carbonyl (C=O) groups excluding carboxylic acids is 2. The minimum atomic E-state index is -0.340. The summed E-state index contributed by atoms with van der Waals surface area (Å²) in [6.45, 7) is 4.03. The number of benzene rings is 1. The van der Waals surface area contributed by atoms with Crippen LogP contribution in [0, 0.1) is 6.92 Å². The van der Waals surface area contributed by atoms with Gasteiger partial charge in [0.1, 0.15) is 6.04 Å². The number of aryl methyl sites for hydroxylation is 1. The fraction of sp³-hybridized carbons (Fsp3) is 0.385. The number of imide groups is 1. The largest absolute Gasteiger partial charge is 0.397 e. The second-order valence-corrected chi connectivity index (χ2v) is 4.53. The minimum Gasteiger partial charge on any atom is -0.397 e. The van der Waals surface area contributed by atoms with Crippen molar-refractivity contribution in [1.82, 2.24) is 5.32 Å². The zero-order valence-electron chi connectivity index (χ0n) is 10.6. The monoisotopic (exact) mass is 247 g/mol. The van der Waals surface area contributed by atoms with E-state index >= 15 is 0 Å². The SMILES string of the molecule is CCC1C(=O)NC(=O)CN1c1ccc(C)cc1N. The van der Waals surface area contributed by atoms with Crippen LogP contribution >= 0.6 is 0 Å². The highest BCUT2D eigenvalue weighted by atomic mass is 16.2. The number of nitrogens with zero attached hydrogens (tertiary/aromatic N) is 1. The summed E-state index contributed by atoms with van der Waals surface area (Å²) < 4.78 is 0. The number of hydrogen-bond donors (Lipinski definition) is 2. The molecule has 1 atom stereocenters. The Morgan fingerprint density at radius 2 is 2.17 bits per heavy atom. The maximum atomic E-state index is 11.8. The van der Waals surface area contributed by atoms with Crippen LogP contribution in [-0.2, 0) is 9.59 Å². The molecule has 3 N–H and O–H groups in total. The van der Waals surface area contributed by atoms with Gasteiger partial charge in [0.05, 0.1) is 17.9 Å². The predicted octanol–water partition coefficient (Wildman–Crippen LogP) is 0.819. The third-order valence-corrected chi connectivity index (χ3v) is 3.13. The predicted molar refractivity (Wildman–Crippen MR) is 70.2 cm³/mol. The molecule has 2 amide bonds. The van der Waals surface area contributed by atoms with E-state index in [0.717, 1.165) is 11.3 Å². The Bertz CT molecular complexity index is 499. The number of piperazine rings is 1. The quantitative estimate of drug-likeness (QED) is 0.599. The molecule has 18 heavy (non-hydrogen) atoms. The lowest BCUT2D eigenvalue weighted by Crippen LogP contribution is -2.58. The molecule has 1 aliphatic rings. The summed E-state index contributed by atoms with van der Waals surface area (Å²) in [6, 6.07) is 5.29. The number of anilines is 2. The number of rotatable bonds is 2. The van der Waals surface area contributed by atoms with Crippen LogP contribution in [0.5, 0.6) is 0 Å². The van der Waals surface area contributed by atoms with Gasteiger partial charge in [0.2, 0.25) is 11.8 Å². The lowest BCUT2D eigenvalue weighted by atomic mass is 10.1. The standard InChI is InChI=1S/C13H17N3O2/c1-3-10-13(18)15-12(17)7-16(10)11-5-4-8(2)6-9(11)14/h4-6,10H,3,7,14H2,1-2H3,(H,15,17,18). The van der Waals surface area contributed by atoms with Gasteiger partial charge in [-0.25, -0.2) is 0 Å². The molecule has 0 bridgehead atoms. The minimum absolute atomic E-state index is 0.164. The van der Waals surface area contributed by atoms with Gasteiger partial charge >= 0.3 is 0 Å². The van der Waals surface area contributed by atoms with E-state index in [0.29, 0.717) is 12.1 Å². The molecular weight excluding hydrogens is 230 g/mol. The van der Waals surface area contributed by atoms with E-state index in [1.54, 1.807) is 4.90 Å². The molecule has 0 aromatic heterocycles. The summed E-state index contributed by atoms with van der Waals surface area (Å²) >= 11 is 0. The highest BCUT2D eigenvalue weighted by Gasteiger charge is 2.33. The summed E-state index contributed by atoms with van der Waals surface area (Å²) in [5, 5.41) is 2.35. The third-order valence-electron chi connectivity index (χ3n) is 3.13. The maximum absolute atomic E-state index is 11.8. The first-order valence-electron chi connectivity index (χ1n) is 5.99. The zero-order chi connectivity index (χ0) is 13.3. The van der Waals surface area contributed by atoms with Crippen molar-refractivity contribution in [2.75, 3.05) is 17.2 Å². The fourth-order valence-electron chi connectivity index (χ4n) is 2.26. The van der Waals surface area contributed by atoms with Crippen molar-refractivity contribution >= 4 is 23.2 Å². The molecule has 96 valence electrons. The first kappa shape index (κ1) is 12.4. The molecule has 5 nitrogen and oxygen atoms in total. The lowest BCUT2D eigenvalue weighted by molar-refractivity contribution is -0.132. The summed E-state index contributed by atoms with van der Waals surface area (Å²) in [4.78, 5) is 25.0. The molecule has 0 radical (unpaired) electrons. The van der Waals surface area contributed by atoms with Gasteiger partial charge in [-0.15, -0.1) is 0 Å². The van der Waals surface area contributed by atoms with Crippen molar-refractivity contribution in [3.8, 4) is 0 Å². The molecule has 0 saturated carbocycles. The van der Waals surface area contributed by atoms with Gasteiger partial charge in [-0.2, -0.15) is 0 Å². The molecule has 5 heteroatoms. The van der Waals surface area contributed by atoms with Gasteiger partial charge in [0.15, 0.2) is 0 Å². The van der Waals surface area contributed by atoms with E-state index in [1.165, 1.54) is 0 Å². The highest BCUT2D eigenvalue weighted by molar-refractivity contribution is 6.05. The Morgan fingerprint density at radius 3 is 2.78 bits per heavy atom. The average molecular weight is 247 g/mol. The second-order valence-electron chi connectivity index (χ2n) is 4.53. The summed E-state index contributed by atoms with van der Waals surface area (Å²) in [6.07, 6.45) is 0.631. The summed E-state index contributed by atoms with van der Waals surface area (Å²) in [7, 11) is 0. The van der Waals surface area contributed by atoms with Gasteiger partial charge in [-0.05, 0) is 31.0 Å². The third kappa shape index (κ3) is 2.16. The molecule has 1 aromatic rings. The topological polar surface area (TPSA) is 75.4 Å². The Labute approximate surface area is 106 Å². The zero-order valence-corrected chi connectivity index (χ0v) is 10.6. The molecule has 1 heterocycles. The first-order valence-corrected chi connectivity index (χ1v) is 5.99. The van der Waals surface area contributed by atoms with Gasteiger partial charge in [0.25, 0.3) is 0 Å². The normalized spacial score (nSPS) is 19.9. The Hall–Kier alpha value is -2.04. The van der Waals surface area contributed by atoms with E-state index in [2.05, 4.69) is 5.32 Å². The van der Waals surface area contributed by atoms with Crippen molar-refractivity contribution in [1.29, 1.82) is 0 Å². The number of nitrogens with two attached hydrogens (primary N) is 1. The van der Waals surface area contributed by atoms with Crippen LogP contribution < -0.4 is 16.0 Å². The van der Waals surface area contributed by atoms with E-state index < -0.39 is 0 Å².